The van der Waals surface area contributed by atoms with E-state index < -0.39 is 11.7 Å². The van der Waals surface area contributed by atoms with E-state index in [1.807, 2.05) is 6.26 Å². The van der Waals surface area contributed by atoms with Crippen LogP contribution in [-0.4, -0.2) is 45.0 Å². The molecule has 0 saturated carbocycles. The molecule has 154 valence electrons. The lowest BCUT2D eigenvalue weighted by atomic mass is 10.2. The molecule has 3 aromatic rings. The van der Waals surface area contributed by atoms with Crippen molar-refractivity contribution in [3.63, 3.8) is 0 Å². The first-order chi connectivity index (χ1) is 13.9. The zero-order valence-electron chi connectivity index (χ0n) is 16.4. The third kappa shape index (κ3) is 4.97. The first-order valence-electron chi connectivity index (χ1n) is 9.14. The van der Waals surface area contributed by atoms with E-state index in [4.69, 9.17) is 11.6 Å². The van der Waals surface area contributed by atoms with E-state index in [0.717, 1.165) is 17.7 Å². The van der Waals surface area contributed by atoms with E-state index in [9.17, 15) is 9.18 Å². The summed E-state index contributed by atoms with van der Waals surface area (Å²) in [6.45, 7) is 5.64. The van der Waals surface area contributed by atoms with E-state index in [-0.39, 0.29) is 17.1 Å². The fourth-order valence-corrected chi connectivity index (χ4v) is 3.31. The number of halogens is 2. The Hall–Kier alpha value is -2.39. The zero-order chi connectivity index (χ0) is 21.0. The Kier molecular flexibility index (Phi) is 6.92. The van der Waals surface area contributed by atoms with Gasteiger partial charge in [-0.3, -0.25) is 4.79 Å². The highest BCUT2D eigenvalue weighted by atomic mass is 35.5. The maximum atomic E-state index is 13.9. The minimum Gasteiger partial charge on any atom is -0.369 e. The van der Waals surface area contributed by atoms with Crippen molar-refractivity contribution >= 4 is 46.1 Å². The van der Waals surface area contributed by atoms with Crippen molar-refractivity contribution in [2.75, 3.05) is 24.7 Å². The molecule has 0 aliphatic rings. The van der Waals surface area contributed by atoms with E-state index in [1.54, 1.807) is 10.9 Å². The number of nitrogens with zero attached hydrogens (tertiary/aromatic N) is 4. The van der Waals surface area contributed by atoms with Crippen LogP contribution in [0.15, 0.2) is 29.6 Å². The summed E-state index contributed by atoms with van der Waals surface area (Å²) < 4.78 is 15.6. The summed E-state index contributed by atoms with van der Waals surface area (Å²) in [4.78, 5) is 21.4. The highest BCUT2D eigenvalue weighted by molar-refractivity contribution is 7.98. The Morgan fingerprint density at radius 3 is 2.83 bits per heavy atom. The number of nitrogens with one attached hydrogen (secondary N) is 2. The van der Waals surface area contributed by atoms with Gasteiger partial charge in [-0.05, 0) is 24.3 Å². The van der Waals surface area contributed by atoms with Gasteiger partial charge in [0, 0.05) is 13.1 Å². The van der Waals surface area contributed by atoms with Crippen LogP contribution in [0, 0.1) is 11.7 Å². The Morgan fingerprint density at radius 2 is 2.14 bits per heavy atom. The van der Waals surface area contributed by atoms with Crippen molar-refractivity contribution < 1.29 is 9.18 Å². The number of anilines is 1. The molecule has 0 aliphatic carbocycles. The first kappa shape index (κ1) is 21.3. The molecule has 1 amide bonds. The molecule has 0 unspecified atom stereocenters. The van der Waals surface area contributed by atoms with Gasteiger partial charge < -0.3 is 10.6 Å². The average Bonchev–Trinajstić information content (AvgIpc) is 3.09. The topological polar surface area (TPSA) is 84.7 Å². The van der Waals surface area contributed by atoms with E-state index in [1.165, 1.54) is 30.0 Å². The van der Waals surface area contributed by atoms with Crippen LogP contribution in [0.4, 0.5) is 10.2 Å². The minimum absolute atomic E-state index is 0.0743. The lowest BCUT2D eigenvalue weighted by molar-refractivity contribution is 0.0948. The van der Waals surface area contributed by atoms with Crippen LogP contribution in [0.25, 0.3) is 11.0 Å². The van der Waals surface area contributed by atoms with Gasteiger partial charge in [0.05, 0.1) is 28.7 Å². The molecule has 0 spiro atoms. The summed E-state index contributed by atoms with van der Waals surface area (Å²) in [5.74, 6) is -0.0178. The van der Waals surface area contributed by atoms with Gasteiger partial charge in [0.2, 0.25) is 0 Å². The van der Waals surface area contributed by atoms with Gasteiger partial charge >= 0.3 is 0 Å². The molecule has 2 aromatic heterocycles. The summed E-state index contributed by atoms with van der Waals surface area (Å²) >= 11 is 7.38. The zero-order valence-corrected chi connectivity index (χ0v) is 17.9. The predicted molar refractivity (Wildman–Crippen MR) is 114 cm³/mol. The van der Waals surface area contributed by atoms with Crippen molar-refractivity contribution in [3.8, 4) is 0 Å². The van der Waals surface area contributed by atoms with Gasteiger partial charge in [0.15, 0.2) is 10.8 Å². The highest BCUT2D eigenvalue weighted by Gasteiger charge is 2.16. The third-order valence-corrected chi connectivity index (χ3v) is 5.00. The van der Waals surface area contributed by atoms with Crippen LogP contribution in [0.2, 0.25) is 5.02 Å². The molecule has 0 bridgehead atoms. The number of carbonyl (C=O) groups excluding carboxylic acids is 1. The van der Waals surface area contributed by atoms with Crippen molar-refractivity contribution in [3.05, 3.63) is 40.8 Å². The van der Waals surface area contributed by atoms with Crippen LogP contribution in [0.5, 0.6) is 0 Å². The highest BCUT2D eigenvalue weighted by Crippen LogP contribution is 2.23. The number of rotatable bonds is 8. The molecule has 2 N–H and O–H groups in total. The number of hydrogen-bond acceptors (Lipinski definition) is 6. The van der Waals surface area contributed by atoms with Gasteiger partial charge in [-0.1, -0.05) is 43.3 Å². The monoisotopic (exact) mass is 436 g/mol. The summed E-state index contributed by atoms with van der Waals surface area (Å²) in [6, 6.07) is 4.14. The van der Waals surface area contributed by atoms with Crippen LogP contribution in [0.1, 0.15) is 24.2 Å². The quantitative estimate of drug-likeness (QED) is 0.412. The Morgan fingerprint density at radius 1 is 1.34 bits per heavy atom. The number of benzene rings is 1. The number of amides is 1. The van der Waals surface area contributed by atoms with Gasteiger partial charge in [0.25, 0.3) is 5.91 Å². The van der Waals surface area contributed by atoms with Gasteiger partial charge in [-0.25, -0.2) is 19.0 Å². The molecule has 2 heterocycles. The average molecular weight is 437 g/mol. The second kappa shape index (κ2) is 9.41. The molecule has 0 fully saturated rings. The van der Waals surface area contributed by atoms with Gasteiger partial charge in [0.1, 0.15) is 11.6 Å². The molecule has 29 heavy (non-hydrogen) atoms. The Balaban J connectivity index is 1.75. The largest absolute Gasteiger partial charge is 0.369 e. The standard InChI is InChI=1S/C19H22ClFN6OS/c1-11(2)9-23-16-12-10-24-27(17(12)26-19(25-16)29-3)8-7-22-18(28)15-13(20)5-4-6-14(15)21/h4-6,10-11H,7-9H2,1-3H3,(H,22,28)(H,23,25,26). The lowest BCUT2D eigenvalue weighted by Crippen LogP contribution is -2.28. The second-order valence-corrected chi connectivity index (χ2v) is 7.97. The van der Waals surface area contributed by atoms with Crippen molar-refractivity contribution in [1.82, 2.24) is 25.1 Å². The van der Waals surface area contributed by atoms with Crippen LogP contribution in [0.3, 0.4) is 0 Å². The van der Waals surface area contributed by atoms with Crippen LogP contribution in [-0.2, 0) is 6.54 Å². The van der Waals surface area contributed by atoms with Crippen molar-refractivity contribution in [2.45, 2.75) is 25.5 Å². The second-order valence-electron chi connectivity index (χ2n) is 6.79. The smallest absolute Gasteiger partial charge is 0.255 e. The van der Waals surface area contributed by atoms with Crippen molar-refractivity contribution in [1.29, 1.82) is 0 Å². The Bertz CT molecular complexity index is 1010. The molecular formula is C19H22ClFN6OS. The fourth-order valence-electron chi connectivity index (χ4n) is 2.70. The number of thioether (sulfide) groups is 1. The molecule has 10 heteroatoms. The maximum Gasteiger partial charge on any atom is 0.255 e. The molecule has 0 atom stereocenters. The van der Waals surface area contributed by atoms with Gasteiger partial charge in [-0.2, -0.15) is 5.10 Å². The van der Waals surface area contributed by atoms with Gasteiger partial charge in [-0.15, -0.1) is 0 Å². The molecule has 1 aromatic carbocycles. The number of hydrogen-bond donors (Lipinski definition) is 2. The summed E-state index contributed by atoms with van der Waals surface area (Å²) in [6.07, 6.45) is 3.62. The summed E-state index contributed by atoms with van der Waals surface area (Å²) in [5, 5.41) is 11.9. The van der Waals surface area contributed by atoms with E-state index in [2.05, 4.69) is 39.5 Å². The normalized spacial score (nSPS) is 11.2. The predicted octanol–water partition coefficient (Wildman–Crippen LogP) is 3.84. The Labute approximate surface area is 177 Å². The summed E-state index contributed by atoms with van der Waals surface area (Å²) in [7, 11) is 0. The molecule has 7 nitrogen and oxygen atoms in total. The number of aromatic nitrogens is 4. The van der Waals surface area contributed by atoms with E-state index in [0.29, 0.717) is 23.3 Å². The lowest BCUT2D eigenvalue weighted by Gasteiger charge is -2.11. The molecule has 0 radical (unpaired) electrons. The SMILES string of the molecule is CSc1nc(NCC(C)C)c2cnn(CCNC(=O)c3c(F)cccc3Cl)c2n1. The number of carbonyl (C=O) groups is 1. The molecule has 0 saturated heterocycles. The molecular weight excluding hydrogens is 415 g/mol. The summed E-state index contributed by atoms with van der Waals surface area (Å²) in [5.41, 5.74) is 0.514. The van der Waals surface area contributed by atoms with Crippen molar-refractivity contribution in [2.24, 2.45) is 5.92 Å². The number of fused-ring (bicyclic) bond motifs is 1. The van der Waals surface area contributed by atoms with Crippen LogP contribution < -0.4 is 10.6 Å². The van der Waals surface area contributed by atoms with E-state index >= 15 is 0 Å². The van der Waals surface area contributed by atoms with Crippen LogP contribution >= 0.6 is 23.4 Å². The first-order valence-corrected chi connectivity index (χ1v) is 10.7. The fraction of sp³-hybridized carbons (Fsp3) is 0.368. The third-order valence-electron chi connectivity index (χ3n) is 4.14. The molecule has 0 aliphatic heterocycles. The maximum absolute atomic E-state index is 13.9. The minimum atomic E-state index is -0.655. The molecule has 3 rings (SSSR count).